The Kier molecular flexibility index (Phi) is 8.61. The van der Waals surface area contributed by atoms with Crippen LogP contribution >= 0.6 is 12.4 Å². The molecular weight excluding hydrogens is 374 g/mol. The molecule has 1 atom stereocenters. The van der Waals surface area contributed by atoms with E-state index in [0.29, 0.717) is 23.8 Å². The zero-order valence-electron chi connectivity index (χ0n) is 16.4. The summed E-state index contributed by atoms with van der Waals surface area (Å²) in [5, 5.41) is 3.53. The standard InChI is InChI=1S/C22H29N3O2.ClH/c1-27-19-11-6-10-18(16-19)25(15-5-4-8-17-9-7-14-24-17)22(26)20-12-2-3-13-21(20)23;/h2-3,6,10-13,16-17,24H,4-5,7-9,14-15,23H2,1H3;1H. The van der Waals surface area contributed by atoms with Crippen LogP contribution in [0.5, 0.6) is 5.75 Å². The number of nitrogen functional groups attached to an aromatic ring is 1. The van der Waals surface area contributed by atoms with E-state index >= 15 is 0 Å². The smallest absolute Gasteiger partial charge is 0.260 e. The molecule has 0 aliphatic carbocycles. The van der Waals surface area contributed by atoms with Crippen molar-refractivity contribution in [2.75, 3.05) is 30.8 Å². The fourth-order valence-electron chi connectivity index (χ4n) is 3.63. The number of halogens is 1. The fourth-order valence-corrected chi connectivity index (χ4v) is 3.63. The van der Waals surface area contributed by atoms with E-state index in [2.05, 4.69) is 5.32 Å². The Morgan fingerprint density at radius 1 is 1.21 bits per heavy atom. The summed E-state index contributed by atoms with van der Waals surface area (Å²) in [6.07, 6.45) is 5.74. The van der Waals surface area contributed by atoms with E-state index in [-0.39, 0.29) is 18.3 Å². The predicted octanol–water partition coefficient (Wildman–Crippen LogP) is 4.27. The molecule has 2 aromatic rings. The van der Waals surface area contributed by atoms with Crippen LogP contribution in [-0.4, -0.2) is 32.1 Å². The van der Waals surface area contributed by atoms with Crippen molar-refractivity contribution < 1.29 is 9.53 Å². The number of rotatable bonds is 8. The largest absolute Gasteiger partial charge is 0.497 e. The maximum Gasteiger partial charge on any atom is 0.260 e. The molecular formula is C22H30ClN3O2. The number of nitrogens with one attached hydrogen (secondary N) is 1. The van der Waals surface area contributed by atoms with Gasteiger partial charge in [-0.1, -0.05) is 24.6 Å². The summed E-state index contributed by atoms with van der Waals surface area (Å²) in [5.41, 5.74) is 7.93. The normalized spacial score (nSPS) is 15.7. The number of methoxy groups -OCH3 is 1. The molecule has 5 nitrogen and oxygen atoms in total. The quantitative estimate of drug-likeness (QED) is 0.510. The van der Waals surface area contributed by atoms with Gasteiger partial charge in [-0.15, -0.1) is 12.4 Å². The van der Waals surface area contributed by atoms with Gasteiger partial charge in [-0.2, -0.15) is 0 Å². The third-order valence-corrected chi connectivity index (χ3v) is 5.15. The molecule has 0 bridgehead atoms. The van der Waals surface area contributed by atoms with Gasteiger partial charge in [0.25, 0.3) is 5.91 Å². The lowest BCUT2D eigenvalue weighted by Gasteiger charge is -2.24. The summed E-state index contributed by atoms with van der Waals surface area (Å²) >= 11 is 0. The van der Waals surface area contributed by atoms with E-state index in [1.807, 2.05) is 41.3 Å². The average molecular weight is 404 g/mol. The van der Waals surface area contributed by atoms with Crippen LogP contribution in [0, 0.1) is 0 Å². The van der Waals surface area contributed by atoms with Gasteiger partial charge in [0.15, 0.2) is 0 Å². The van der Waals surface area contributed by atoms with Crippen molar-refractivity contribution in [3.63, 3.8) is 0 Å². The Labute approximate surface area is 173 Å². The van der Waals surface area contributed by atoms with Crippen LogP contribution in [0.15, 0.2) is 48.5 Å². The highest BCUT2D eigenvalue weighted by Crippen LogP contribution is 2.25. The van der Waals surface area contributed by atoms with Crippen LogP contribution in [0.2, 0.25) is 0 Å². The van der Waals surface area contributed by atoms with Crippen LogP contribution in [0.1, 0.15) is 42.5 Å². The molecule has 2 aromatic carbocycles. The molecule has 3 rings (SSSR count). The van der Waals surface area contributed by atoms with Crippen molar-refractivity contribution in [3.8, 4) is 5.75 Å². The molecule has 28 heavy (non-hydrogen) atoms. The van der Waals surface area contributed by atoms with Gasteiger partial charge in [0.1, 0.15) is 5.75 Å². The van der Waals surface area contributed by atoms with Gasteiger partial charge in [0.05, 0.1) is 12.7 Å². The molecule has 1 unspecified atom stereocenters. The highest BCUT2D eigenvalue weighted by molar-refractivity contribution is 6.09. The molecule has 1 heterocycles. The molecule has 1 aliphatic heterocycles. The van der Waals surface area contributed by atoms with Crippen LogP contribution in [0.3, 0.4) is 0 Å². The molecule has 0 radical (unpaired) electrons. The van der Waals surface area contributed by atoms with Gasteiger partial charge < -0.3 is 20.7 Å². The van der Waals surface area contributed by atoms with Gasteiger partial charge in [0, 0.05) is 30.0 Å². The van der Waals surface area contributed by atoms with E-state index in [1.54, 1.807) is 19.2 Å². The first-order chi connectivity index (χ1) is 13.2. The first-order valence-electron chi connectivity index (χ1n) is 9.73. The summed E-state index contributed by atoms with van der Waals surface area (Å²) in [7, 11) is 1.63. The van der Waals surface area contributed by atoms with Crippen molar-refractivity contribution in [2.45, 2.75) is 38.1 Å². The lowest BCUT2D eigenvalue weighted by atomic mass is 10.1. The van der Waals surface area contributed by atoms with Crippen molar-refractivity contribution >= 4 is 29.7 Å². The maximum absolute atomic E-state index is 13.2. The number of ether oxygens (including phenoxy) is 1. The third kappa shape index (κ3) is 5.63. The number of nitrogens with zero attached hydrogens (tertiary/aromatic N) is 1. The molecule has 0 aromatic heterocycles. The molecule has 152 valence electrons. The Balaban J connectivity index is 0.00000280. The molecule has 1 amide bonds. The fraction of sp³-hybridized carbons (Fsp3) is 0.409. The second kappa shape index (κ2) is 10.9. The molecule has 1 aliphatic rings. The third-order valence-electron chi connectivity index (χ3n) is 5.15. The Hall–Kier alpha value is -2.24. The minimum Gasteiger partial charge on any atom is -0.497 e. The Morgan fingerprint density at radius 3 is 2.75 bits per heavy atom. The van der Waals surface area contributed by atoms with E-state index in [1.165, 1.54) is 12.8 Å². The molecule has 3 N–H and O–H groups in total. The van der Waals surface area contributed by atoms with E-state index in [4.69, 9.17) is 10.5 Å². The summed E-state index contributed by atoms with van der Waals surface area (Å²) < 4.78 is 5.34. The van der Waals surface area contributed by atoms with Crippen molar-refractivity contribution in [3.05, 3.63) is 54.1 Å². The summed E-state index contributed by atoms with van der Waals surface area (Å²) in [6, 6.07) is 15.5. The minimum absolute atomic E-state index is 0. The van der Waals surface area contributed by atoms with Crippen molar-refractivity contribution in [1.82, 2.24) is 5.32 Å². The van der Waals surface area contributed by atoms with Crippen LogP contribution in [-0.2, 0) is 0 Å². The summed E-state index contributed by atoms with van der Waals surface area (Å²) in [5.74, 6) is 0.668. The first kappa shape index (κ1) is 22.1. The second-order valence-corrected chi connectivity index (χ2v) is 7.03. The minimum atomic E-state index is -0.0691. The molecule has 1 fully saturated rings. The van der Waals surface area contributed by atoms with Crippen molar-refractivity contribution in [2.24, 2.45) is 0 Å². The number of anilines is 2. The first-order valence-corrected chi connectivity index (χ1v) is 9.73. The number of hydrogen-bond acceptors (Lipinski definition) is 4. The van der Waals surface area contributed by atoms with Gasteiger partial charge in [-0.05, 0) is 56.5 Å². The molecule has 0 spiro atoms. The highest BCUT2D eigenvalue weighted by Gasteiger charge is 2.20. The number of carbonyl (C=O) groups is 1. The van der Waals surface area contributed by atoms with Gasteiger partial charge in [0.2, 0.25) is 0 Å². The number of benzene rings is 2. The zero-order chi connectivity index (χ0) is 19.1. The number of unbranched alkanes of at least 4 members (excludes halogenated alkanes) is 1. The second-order valence-electron chi connectivity index (χ2n) is 7.03. The monoisotopic (exact) mass is 403 g/mol. The topological polar surface area (TPSA) is 67.6 Å². The highest BCUT2D eigenvalue weighted by atomic mass is 35.5. The number of para-hydroxylation sites is 1. The maximum atomic E-state index is 13.2. The van der Waals surface area contributed by atoms with Gasteiger partial charge in [-0.3, -0.25) is 4.79 Å². The molecule has 6 heteroatoms. The zero-order valence-corrected chi connectivity index (χ0v) is 17.2. The number of amides is 1. The van der Waals surface area contributed by atoms with Gasteiger partial charge in [-0.25, -0.2) is 0 Å². The lowest BCUT2D eigenvalue weighted by molar-refractivity contribution is 0.0987. The van der Waals surface area contributed by atoms with Gasteiger partial charge >= 0.3 is 0 Å². The number of hydrogen-bond donors (Lipinski definition) is 2. The summed E-state index contributed by atoms with van der Waals surface area (Å²) in [4.78, 5) is 15.0. The van der Waals surface area contributed by atoms with Crippen LogP contribution < -0.4 is 20.7 Å². The number of carbonyl (C=O) groups excluding carboxylic acids is 1. The summed E-state index contributed by atoms with van der Waals surface area (Å²) in [6.45, 7) is 1.79. The average Bonchev–Trinajstić information content (AvgIpc) is 3.21. The van der Waals surface area contributed by atoms with Crippen molar-refractivity contribution in [1.29, 1.82) is 0 Å². The van der Waals surface area contributed by atoms with E-state index in [9.17, 15) is 4.79 Å². The lowest BCUT2D eigenvalue weighted by Crippen LogP contribution is -2.32. The van der Waals surface area contributed by atoms with E-state index in [0.717, 1.165) is 37.2 Å². The molecule has 1 saturated heterocycles. The molecule has 0 saturated carbocycles. The number of nitrogens with two attached hydrogens (primary N) is 1. The van der Waals surface area contributed by atoms with Crippen LogP contribution in [0.25, 0.3) is 0 Å². The predicted molar refractivity (Wildman–Crippen MR) is 118 cm³/mol. The SMILES string of the molecule is COc1cccc(N(CCCCC2CCCN2)C(=O)c2ccccc2N)c1.Cl. The van der Waals surface area contributed by atoms with E-state index < -0.39 is 0 Å². The Morgan fingerprint density at radius 2 is 2.04 bits per heavy atom. The van der Waals surface area contributed by atoms with Crippen LogP contribution in [0.4, 0.5) is 11.4 Å². The Bertz CT molecular complexity index is 763.